The van der Waals surface area contributed by atoms with Crippen molar-refractivity contribution in [2.45, 2.75) is 18.1 Å². The topological polar surface area (TPSA) is 29.5 Å². The molecule has 88 valence electrons. The Labute approximate surface area is 109 Å². The van der Waals surface area contributed by atoms with Gasteiger partial charge in [0, 0.05) is 16.1 Å². The lowest BCUT2D eigenvalue weighted by Gasteiger charge is -2.17. The highest BCUT2D eigenvalue weighted by molar-refractivity contribution is 9.09. The zero-order valence-corrected chi connectivity index (χ0v) is 11.6. The molecule has 0 aromatic heterocycles. The molecule has 2 rings (SSSR count). The highest BCUT2D eigenvalue weighted by Crippen LogP contribution is 2.43. The van der Waals surface area contributed by atoms with Gasteiger partial charge < -0.3 is 9.84 Å². The average Bonchev–Trinajstić information content (AvgIpc) is 2.50. The molecule has 1 N–H and O–H groups in total. The second-order valence-electron chi connectivity index (χ2n) is 3.80. The molecule has 1 aliphatic rings. The highest BCUT2D eigenvalue weighted by atomic mass is 79.9. The van der Waals surface area contributed by atoms with Crippen molar-refractivity contribution in [3.63, 3.8) is 0 Å². The van der Waals surface area contributed by atoms with Crippen molar-refractivity contribution in [1.29, 1.82) is 0 Å². The largest absolute Gasteiger partial charge is 0.504 e. The highest BCUT2D eigenvalue weighted by Gasteiger charge is 2.22. The van der Waals surface area contributed by atoms with E-state index in [2.05, 4.69) is 15.9 Å². The lowest BCUT2D eigenvalue weighted by atomic mass is 9.99. The second kappa shape index (κ2) is 5.32. The van der Waals surface area contributed by atoms with Gasteiger partial charge in [0.25, 0.3) is 0 Å². The van der Waals surface area contributed by atoms with Crippen molar-refractivity contribution < 1.29 is 9.84 Å². The Kier molecular flexibility index (Phi) is 4.03. The number of phenolic OH excluding ortho intramolecular Hbond substituents is 1. The van der Waals surface area contributed by atoms with Crippen LogP contribution in [-0.4, -0.2) is 23.3 Å². The minimum absolute atomic E-state index is 0.251. The summed E-state index contributed by atoms with van der Waals surface area (Å²) in [4.78, 5) is 0. The fourth-order valence-corrected chi connectivity index (χ4v) is 4.10. The molecule has 1 aromatic rings. The van der Waals surface area contributed by atoms with Crippen LogP contribution >= 0.6 is 27.7 Å². The summed E-state index contributed by atoms with van der Waals surface area (Å²) in [5.74, 6) is 2.07. The van der Waals surface area contributed by atoms with Gasteiger partial charge in [0.05, 0.1) is 7.11 Å². The van der Waals surface area contributed by atoms with Crippen molar-refractivity contribution in [1.82, 2.24) is 0 Å². The Morgan fingerprint density at radius 1 is 1.56 bits per heavy atom. The molecule has 4 heteroatoms. The number of phenols is 1. The minimum atomic E-state index is 0.251. The van der Waals surface area contributed by atoms with E-state index in [0.717, 1.165) is 23.9 Å². The standard InChI is InChI=1S/C12H15BrO2S/c1-15-12-9-3-2-6-16-11(7-13)8(9)4-5-10(12)14/h4-5,11,14H,2-3,6-7H2,1H3. The molecular weight excluding hydrogens is 288 g/mol. The molecule has 0 spiro atoms. The van der Waals surface area contributed by atoms with E-state index in [4.69, 9.17) is 4.74 Å². The summed E-state index contributed by atoms with van der Waals surface area (Å²) in [6, 6.07) is 3.76. The van der Waals surface area contributed by atoms with Crippen LogP contribution in [-0.2, 0) is 6.42 Å². The van der Waals surface area contributed by atoms with E-state index in [1.807, 2.05) is 17.8 Å². The first-order valence-corrected chi connectivity index (χ1v) is 7.51. The first-order chi connectivity index (χ1) is 7.77. The number of hydrogen-bond donors (Lipinski definition) is 1. The molecule has 16 heavy (non-hydrogen) atoms. The SMILES string of the molecule is COc1c(O)ccc2c1CCCSC2CBr. The van der Waals surface area contributed by atoms with Gasteiger partial charge in [0.1, 0.15) is 0 Å². The van der Waals surface area contributed by atoms with Crippen molar-refractivity contribution in [2.24, 2.45) is 0 Å². The van der Waals surface area contributed by atoms with Crippen LogP contribution in [0.1, 0.15) is 22.8 Å². The maximum absolute atomic E-state index is 9.77. The third kappa shape index (κ3) is 2.18. The summed E-state index contributed by atoms with van der Waals surface area (Å²) >= 11 is 5.52. The van der Waals surface area contributed by atoms with Gasteiger partial charge >= 0.3 is 0 Å². The van der Waals surface area contributed by atoms with Gasteiger partial charge in [-0.05, 0) is 30.2 Å². The number of halogens is 1. The third-order valence-corrected chi connectivity index (χ3v) is 5.28. The molecule has 1 atom stereocenters. The number of aromatic hydroxyl groups is 1. The smallest absolute Gasteiger partial charge is 0.163 e. The molecule has 0 bridgehead atoms. The average molecular weight is 303 g/mol. The van der Waals surface area contributed by atoms with E-state index >= 15 is 0 Å². The summed E-state index contributed by atoms with van der Waals surface area (Å²) < 4.78 is 5.32. The van der Waals surface area contributed by atoms with Gasteiger partial charge in [0.15, 0.2) is 11.5 Å². The number of benzene rings is 1. The van der Waals surface area contributed by atoms with Crippen LogP contribution in [0, 0.1) is 0 Å². The van der Waals surface area contributed by atoms with E-state index in [0.29, 0.717) is 11.0 Å². The van der Waals surface area contributed by atoms with Gasteiger partial charge in [-0.15, -0.1) is 0 Å². The number of alkyl halides is 1. The molecule has 1 aromatic carbocycles. The Hall–Kier alpha value is -0.350. The van der Waals surface area contributed by atoms with Crippen LogP contribution in [0.4, 0.5) is 0 Å². The number of fused-ring (bicyclic) bond motifs is 1. The molecule has 1 aliphatic heterocycles. The molecule has 0 amide bonds. The Morgan fingerprint density at radius 2 is 2.38 bits per heavy atom. The van der Waals surface area contributed by atoms with E-state index in [1.54, 1.807) is 13.2 Å². The third-order valence-electron chi connectivity index (χ3n) is 2.86. The molecule has 1 unspecified atom stereocenters. The van der Waals surface area contributed by atoms with Crippen LogP contribution in [0.25, 0.3) is 0 Å². The zero-order valence-electron chi connectivity index (χ0n) is 9.20. The number of methoxy groups -OCH3 is 1. The van der Waals surface area contributed by atoms with Gasteiger partial charge in [-0.25, -0.2) is 0 Å². The van der Waals surface area contributed by atoms with Gasteiger partial charge in [-0.1, -0.05) is 22.0 Å². The van der Waals surface area contributed by atoms with E-state index in [-0.39, 0.29) is 5.75 Å². The normalized spacial score (nSPS) is 20.0. The Balaban J connectivity index is 2.51. The van der Waals surface area contributed by atoms with Gasteiger partial charge in [-0.2, -0.15) is 11.8 Å². The second-order valence-corrected chi connectivity index (χ2v) is 5.76. The minimum Gasteiger partial charge on any atom is -0.504 e. The summed E-state index contributed by atoms with van der Waals surface area (Å²) in [6.45, 7) is 0. The van der Waals surface area contributed by atoms with E-state index in [1.165, 1.54) is 11.1 Å². The number of rotatable bonds is 2. The summed E-state index contributed by atoms with van der Waals surface area (Å²) in [6.07, 6.45) is 2.13. The molecule has 2 nitrogen and oxygen atoms in total. The fraction of sp³-hybridized carbons (Fsp3) is 0.500. The van der Waals surface area contributed by atoms with Crippen molar-refractivity contribution in [3.05, 3.63) is 23.3 Å². The molecule has 0 saturated carbocycles. The van der Waals surface area contributed by atoms with Crippen molar-refractivity contribution in [3.8, 4) is 11.5 Å². The maximum Gasteiger partial charge on any atom is 0.163 e. The van der Waals surface area contributed by atoms with E-state index < -0.39 is 0 Å². The number of thioether (sulfide) groups is 1. The summed E-state index contributed by atoms with van der Waals surface area (Å²) in [7, 11) is 1.62. The molecular formula is C12H15BrO2S. The first-order valence-electron chi connectivity index (χ1n) is 5.34. The predicted molar refractivity (Wildman–Crippen MR) is 72.0 cm³/mol. The van der Waals surface area contributed by atoms with Crippen LogP contribution in [0.3, 0.4) is 0 Å². The summed E-state index contributed by atoms with van der Waals surface area (Å²) in [5, 5.41) is 11.2. The van der Waals surface area contributed by atoms with Crippen LogP contribution in [0.2, 0.25) is 0 Å². The van der Waals surface area contributed by atoms with Crippen molar-refractivity contribution in [2.75, 3.05) is 18.2 Å². The lowest BCUT2D eigenvalue weighted by Crippen LogP contribution is -2.01. The summed E-state index contributed by atoms with van der Waals surface area (Å²) in [5.41, 5.74) is 2.48. The van der Waals surface area contributed by atoms with Gasteiger partial charge in [0.2, 0.25) is 0 Å². The monoisotopic (exact) mass is 302 g/mol. The fourth-order valence-electron chi connectivity index (χ4n) is 2.11. The van der Waals surface area contributed by atoms with Gasteiger partial charge in [-0.3, -0.25) is 0 Å². The Bertz CT molecular complexity index is 382. The molecule has 0 radical (unpaired) electrons. The van der Waals surface area contributed by atoms with Crippen molar-refractivity contribution >= 4 is 27.7 Å². The molecule has 0 aliphatic carbocycles. The molecule has 0 fully saturated rings. The lowest BCUT2D eigenvalue weighted by molar-refractivity contribution is 0.368. The molecule has 1 heterocycles. The molecule has 0 saturated heterocycles. The van der Waals surface area contributed by atoms with Crippen LogP contribution < -0.4 is 4.74 Å². The zero-order chi connectivity index (χ0) is 11.5. The number of ether oxygens (including phenoxy) is 1. The quantitative estimate of drug-likeness (QED) is 0.848. The van der Waals surface area contributed by atoms with E-state index in [9.17, 15) is 5.11 Å². The predicted octanol–water partition coefficient (Wildman–Crippen LogP) is 3.52. The van der Waals surface area contributed by atoms with Crippen LogP contribution in [0.15, 0.2) is 12.1 Å². The maximum atomic E-state index is 9.77. The number of hydrogen-bond acceptors (Lipinski definition) is 3. The first kappa shape index (κ1) is 12.1. The Morgan fingerprint density at radius 3 is 3.06 bits per heavy atom. The van der Waals surface area contributed by atoms with Crippen LogP contribution in [0.5, 0.6) is 11.5 Å².